The Labute approximate surface area is 187 Å². The third-order valence-electron chi connectivity index (χ3n) is 9.10. The second kappa shape index (κ2) is 7.11. The first-order valence-electron chi connectivity index (χ1n) is 11.2. The molecule has 0 aliphatic heterocycles. The number of rotatable bonds is 3. The smallest absolute Gasteiger partial charge is 0.351 e. The standard InChI is InChI=1S/C25H31FO6/c1-6-20(29)32-25(21(30)31-5)14(2)11-18-17-8-7-15-12-16(27)9-10-22(15,3)24(17,26)19(28)13-23(18,25)4/h6,9-10,12,14,17-19,28H,1,7-8,11,13H2,2-5H3/t14-,17?,18?,19+,22+,23+,24+,25+/m1/s1. The van der Waals surface area contributed by atoms with E-state index in [0.29, 0.717) is 24.8 Å². The second-order valence-electron chi connectivity index (χ2n) is 10.3. The maximum absolute atomic E-state index is 17.2. The van der Waals surface area contributed by atoms with Crippen LogP contribution < -0.4 is 0 Å². The minimum absolute atomic E-state index is 0.0841. The fourth-order valence-corrected chi connectivity index (χ4v) is 7.58. The number of allylic oxidation sites excluding steroid dienone is 4. The number of ketones is 1. The van der Waals surface area contributed by atoms with Gasteiger partial charge in [-0.1, -0.05) is 32.1 Å². The number of fused-ring (bicyclic) bond motifs is 5. The molecule has 0 radical (unpaired) electrons. The normalized spacial score (nSPS) is 46.9. The highest BCUT2D eigenvalue weighted by Gasteiger charge is 2.77. The van der Waals surface area contributed by atoms with E-state index in [4.69, 9.17) is 9.47 Å². The first-order chi connectivity index (χ1) is 14.9. The molecule has 32 heavy (non-hydrogen) atoms. The lowest BCUT2D eigenvalue weighted by Gasteiger charge is -2.62. The van der Waals surface area contributed by atoms with E-state index >= 15 is 4.39 Å². The molecule has 3 saturated carbocycles. The van der Waals surface area contributed by atoms with E-state index in [1.54, 1.807) is 26.8 Å². The fraction of sp³-hybridized carbons (Fsp3) is 0.640. The Kier molecular flexibility index (Phi) is 5.09. The van der Waals surface area contributed by atoms with Crippen LogP contribution in [0.4, 0.5) is 4.39 Å². The molecule has 0 aromatic carbocycles. The maximum atomic E-state index is 17.2. The average molecular weight is 447 g/mol. The van der Waals surface area contributed by atoms with Crippen LogP contribution in [0.2, 0.25) is 0 Å². The molecule has 0 bridgehead atoms. The SMILES string of the molecule is C=CC(=O)O[C@]1(C(=O)OC)[C@H](C)CC2C3CCC4=CC(=O)C=C[C@]4(C)[C@@]3(F)[C@@H](O)C[C@@]21C. The molecule has 0 saturated heterocycles. The predicted molar refractivity (Wildman–Crippen MR) is 114 cm³/mol. The van der Waals surface area contributed by atoms with Crippen molar-refractivity contribution in [2.45, 2.75) is 63.8 Å². The van der Waals surface area contributed by atoms with Crippen LogP contribution in [0.5, 0.6) is 0 Å². The number of hydrogen-bond donors (Lipinski definition) is 1. The minimum Gasteiger partial charge on any atom is -0.466 e. The summed E-state index contributed by atoms with van der Waals surface area (Å²) in [6.07, 6.45) is 5.31. The fourth-order valence-electron chi connectivity index (χ4n) is 7.58. The highest BCUT2D eigenvalue weighted by Crippen LogP contribution is 2.71. The molecule has 174 valence electrons. The Morgan fingerprint density at radius 3 is 2.62 bits per heavy atom. The second-order valence-corrected chi connectivity index (χ2v) is 10.3. The molecule has 0 aromatic rings. The highest BCUT2D eigenvalue weighted by molar-refractivity contribution is 6.01. The summed E-state index contributed by atoms with van der Waals surface area (Å²) >= 11 is 0. The zero-order chi connectivity index (χ0) is 23.7. The molecule has 3 fully saturated rings. The van der Waals surface area contributed by atoms with Crippen molar-refractivity contribution in [2.24, 2.45) is 28.6 Å². The van der Waals surface area contributed by atoms with E-state index in [0.717, 1.165) is 6.08 Å². The predicted octanol–water partition coefficient (Wildman–Crippen LogP) is 3.24. The molecule has 4 aliphatic carbocycles. The number of ether oxygens (including phenoxy) is 2. The van der Waals surface area contributed by atoms with Gasteiger partial charge in [-0.05, 0) is 50.7 Å². The summed E-state index contributed by atoms with van der Waals surface area (Å²) in [5, 5.41) is 11.4. The molecule has 1 N–H and O–H groups in total. The number of methoxy groups -OCH3 is 1. The lowest BCUT2D eigenvalue weighted by Crippen LogP contribution is -2.70. The Bertz CT molecular complexity index is 954. The van der Waals surface area contributed by atoms with Gasteiger partial charge in [0.25, 0.3) is 0 Å². The van der Waals surface area contributed by atoms with Crippen LogP contribution in [0.25, 0.3) is 0 Å². The van der Waals surface area contributed by atoms with Crippen LogP contribution in [-0.4, -0.2) is 47.3 Å². The Balaban J connectivity index is 1.86. The number of alkyl halides is 1. The molecule has 0 heterocycles. The summed E-state index contributed by atoms with van der Waals surface area (Å²) < 4.78 is 28.0. The number of aliphatic hydroxyl groups excluding tert-OH is 1. The van der Waals surface area contributed by atoms with Gasteiger partial charge in [-0.3, -0.25) is 4.79 Å². The zero-order valence-electron chi connectivity index (χ0n) is 19.0. The van der Waals surface area contributed by atoms with Gasteiger partial charge < -0.3 is 14.6 Å². The van der Waals surface area contributed by atoms with Gasteiger partial charge in [0, 0.05) is 28.7 Å². The molecule has 6 nitrogen and oxygen atoms in total. The van der Waals surface area contributed by atoms with E-state index in [2.05, 4.69) is 6.58 Å². The topological polar surface area (TPSA) is 89.9 Å². The molecule has 4 aliphatic rings. The van der Waals surface area contributed by atoms with Gasteiger partial charge in [-0.15, -0.1) is 0 Å². The van der Waals surface area contributed by atoms with Gasteiger partial charge in [0.15, 0.2) is 11.5 Å². The molecular formula is C25H31FO6. The quantitative estimate of drug-likeness (QED) is 0.529. The van der Waals surface area contributed by atoms with Crippen molar-refractivity contribution in [1.29, 1.82) is 0 Å². The van der Waals surface area contributed by atoms with E-state index in [-0.39, 0.29) is 18.1 Å². The number of aliphatic hydroxyl groups is 1. The van der Waals surface area contributed by atoms with Gasteiger partial charge >= 0.3 is 11.9 Å². The summed E-state index contributed by atoms with van der Waals surface area (Å²) in [5.41, 5.74) is -5.15. The van der Waals surface area contributed by atoms with Crippen molar-refractivity contribution in [3.05, 3.63) is 36.5 Å². The maximum Gasteiger partial charge on any atom is 0.351 e. The third-order valence-corrected chi connectivity index (χ3v) is 9.10. The summed E-state index contributed by atoms with van der Waals surface area (Å²) in [7, 11) is 1.23. The number of carbonyl (C=O) groups is 3. The van der Waals surface area contributed by atoms with E-state index < -0.39 is 52.0 Å². The molecular weight excluding hydrogens is 415 g/mol. The van der Waals surface area contributed by atoms with Crippen LogP contribution in [0.1, 0.15) is 46.5 Å². The highest BCUT2D eigenvalue weighted by atomic mass is 19.1. The van der Waals surface area contributed by atoms with Gasteiger partial charge in [-0.2, -0.15) is 0 Å². The molecule has 0 amide bonds. The number of hydrogen-bond acceptors (Lipinski definition) is 6. The van der Waals surface area contributed by atoms with Crippen LogP contribution in [0.3, 0.4) is 0 Å². The Morgan fingerprint density at radius 2 is 2.00 bits per heavy atom. The van der Waals surface area contributed by atoms with Crippen molar-refractivity contribution >= 4 is 17.7 Å². The van der Waals surface area contributed by atoms with E-state index in [9.17, 15) is 19.5 Å². The largest absolute Gasteiger partial charge is 0.466 e. The minimum atomic E-state index is -2.02. The first kappa shape index (κ1) is 22.9. The average Bonchev–Trinajstić information content (AvgIpc) is 2.96. The van der Waals surface area contributed by atoms with Crippen molar-refractivity contribution < 1.29 is 33.4 Å². The van der Waals surface area contributed by atoms with Gasteiger partial charge in [-0.25, -0.2) is 14.0 Å². The van der Waals surface area contributed by atoms with E-state index in [1.165, 1.54) is 19.3 Å². The number of halogens is 1. The summed E-state index contributed by atoms with van der Waals surface area (Å²) in [6.45, 7) is 8.79. The summed E-state index contributed by atoms with van der Waals surface area (Å²) in [5.74, 6) is -3.01. The molecule has 8 atom stereocenters. The number of carbonyl (C=O) groups excluding carboxylic acids is 3. The molecule has 2 unspecified atom stereocenters. The van der Waals surface area contributed by atoms with Crippen molar-refractivity contribution in [3.8, 4) is 0 Å². The van der Waals surface area contributed by atoms with E-state index in [1.807, 2.05) is 0 Å². The van der Waals surface area contributed by atoms with Crippen LogP contribution >= 0.6 is 0 Å². The zero-order valence-corrected chi connectivity index (χ0v) is 19.0. The molecule has 0 aromatic heterocycles. The lowest BCUT2D eigenvalue weighted by molar-refractivity contribution is -0.234. The van der Waals surface area contributed by atoms with Crippen LogP contribution in [0.15, 0.2) is 36.5 Å². The van der Waals surface area contributed by atoms with Crippen molar-refractivity contribution in [1.82, 2.24) is 0 Å². The van der Waals surface area contributed by atoms with Gasteiger partial charge in [0.2, 0.25) is 5.60 Å². The van der Waals surface area contributed by atoms with Crippen molar-refractivity contribution in [2.75, 3.05) is 7.11 Å². The van der Waals surface area contributed by atoms with Crippen LogP contribution in [0, 0.1) is 28.6 Å². The molecule has 7 heteroatoms. The van der Waals surface area contributed by atoms with Crippen LogP contribution in [-0.2, 0) is 23.9 Å². The molecule has 4 rings (SSSR count). The van der Waals surface area contributed by atoms with Gasteiger partial charge in [0.1, 0.15) is 0 Å². The lowest BCUT2D eigenvalue weighted by atomic mass is 9.44. The summed E-state index contributed by atoms with van der Waals surface area (Å²) in [6, 6.07) is 0. The summed E-state index contributed by atoms with van der Waals surface area (Å²) in [4.78, 5) is 37.4. The Morgan fingerprint density at radius 1 is 1.31 bits per heavy atom. The third kappa shape index (κ3) is 2.51. The molecule has 0 spiro atoms. The monoisotopic (exact) mass is 446 g/mol. The van der Waals surface area contributed by atoms with Gasteiger partial charge in [0.05, 0.1) is 13.2 Å². The Hall–Kier alpha value is -2.28. The first-order valence-corrected chi connectivity index (χ1v) is 11.2. The van der Waals surface area contributed by atoms with Crippen molar-refractivity contribution in [3.63, 3.8) is 0 Å². The number of esters is 2.